The molecule has 2 atom stereocenters. The van der Waals surface area contributed by atoms with Crippen LogP contribution in [0.15, 0.2) is 18.3 Å². The van der Waals surface area contributed by atoms with E-state index in [2.05, 4.69) is 11.9 Å². The molecule has 1 aliphatic heterocycles. The van der Waals surface area contributed by atoms with E-state index in [-0.39, 0.29) is 5.75 Å². The van der Waals surface area contributed by atoms with E-state index in [1.807, 2.05) is 12.1 Å². The minimum absolute atomic E-state index is 0.205. The maximum atomic E-state index is 11.9. The van der Waals surface area contributed by atoms with Crippen molar-refractivity contribution >= 4 is 9.84 Å². The van der Waals surface area contributed by atoms with Crippen LogP contribution in [0.25, 0.3) is 0 Å². The van der Waals surface area contributed by atoms with Gasteiger partial charge in [-0.05, 0) is 30.9 Å². The number of pyridine rings is 1. The minimum atomic E-state index is -3.13. The van der Waals surface area contributed by atoms with Crippen LogP contribution in [-0.4, -0.2) is 35.6 Å². The van der Waals surface area contributed by atoms with E-state index in [0.29, 0.717) is 12.8 Å². The minimum Gasteiger partial charge on any atom is -0.391 e. The van der Waals surface area contributed by atoms with E-state index in [4.69, 9.17) is 0 Å². The largest absolute Gasteiger partial charge is 0.391 e. The summed E-state index contributed by atoms with van der Waals surface area (Å²) in [6, 6.07) is 3.85. The fourth-order valence-corrected chi connectivity index (χ4v) is 4.55. The lowest BCUT2D eigenvalue weighted by atomic mass is 10.0. The number of sulfone groups is 1. The first-order chi connectivity index (χ1) is 9.03. The summed E-state index contributed by atoms with van der Waals surface area (Å²) in [5, 5.41) is 9.55. The van der Waals surface area contributed by atoms with Crippen LogP contribution in [0.5, 0.6) is 0 Å². The highest BCUT2D eigenvalue weighted by Gasteiger charge is 2.34. The summed E-state index contributed by atoms with van der Waals surface area (Å²) in [6.45, 7) is 2.06. The van der Waals surface area contributed by atoms with Gasteiger partial charge in [0.25, 0.3) is 0 Å². The van der Waals surface area contributed by atoms with Gasteiger partial charge in [-0.2, -0.15) is 0 Å². The summed E-state index contributed by atoms with van der Waals surface area (Å²) in [7, 11) is -3.13. The van der Waals surface area contributed by atoms with Crippen molar-refractivity contribution in [1.29, 1.82) is 0 Å². The van der Waals surface area contributed by atoms with Gasteiger partial charge in [0.15, 0.2) is 9.84 Å². The number of aliphatic hydroxyl groups is 1. The molecule has 1 aromatic heterocycles. The highest BCUT2D eigenvalue weighted by atomic mass is 32.2. The van der Waals surface area contributed by atoms with Crippen molar-refractivity contribution in [1.82, 2.24) is 4.98 Å². The van der Waals surface area contributed by atoms with Gasteiger partial charge in [-0.3, -0.25) is 4.98 Å². The average Bonchev–Trinajstić information content (AvgIpc) is 2.39. The molecule has 106 valence electrons. The predicted molar refractivity (Wildman–Crippen MR) is 74.8 cm³/mol. The van der Waals surface area contributed by atoms with E-state index in [1.165, 1.54) is 0 Å². The zero-order chi connectivity index (χ0) is 13.9. The fraction of sp³-hybridized carbons (Fsp3) is 0.643. The average molecular weight is 283 g/mol. The normalized spacial score (nSPS) is 24.0. The molecule has 0 radical (unpaired) electrons. The zero-order valence-electron chi connectivity index (χ0n) is 11.2. The van der Waals surface area contributed by atoms with Crippen molar-refractivity contribution in [2.24, 2.45) is 0 Å². The van der Waals surface area contributed by atoms with Crippen LogP contribution in [0.4, 0.5) is 0 Å². The third kappa shape index (κ3) is 3.54. The number of aromatic nitrogens is 1. The molecule has 0 aliphatic carbocycles. The molecule has 1 saturated heterocycles. The molecule has 5 heteroatoms. The molecule has 0 spiro atoms. The first-order valence-corrected chi connectivity index (χ1v) is 8.58. The summed E-state index contributed by atoms with van der Waals surface area (Å²) >= 11 is 0. The Morgan fingerprint density at radius 2 is 2.21 bits per heavy atom. The van der Waals surface area contributed by atoms with Crippen LogP contribution in [0.3, 0.4) is 0 Å². The van der Waals surface area contributed by atoms with Gasteiger partial charge in [0.05, 0.1) is 17.1 Å². The van der Waals surface area contributed by atoms with Gasteiger partial charge in [-0.25, -0.2) is 8.42 Å². The summed E-state index contributed by atoms with van der Waals surface area (Å²) in [4.78, 5) is 4.28. The number of nitrogens with zero attached hydrogens (tertiary/aromatic N) is 1. The third-order valence-electron chi connectivity index (χ3n) is 3.77. The number of hydrogen-bond donors (Lipinski definition) is 1. The topological polar surface area (TPSA) is 67.3 Å². The van der Waals surface area contributed by atoms with Gasteiger partial charge in [-0.1, -0.05) is 19.4 Å². The van der Waals surface area contributed by atoms with E-state index >= 15 is 0 Å². The Hall–Kier alpha value is -0.940. The molecule has 0 amide bonds. The number of hydrogen-bond acceptors (Lipinski definition) is 4. The molecule has 2 heterocycles. The highest BCUT2D eigenvalue weighted by molar-refractivity contribution is 7.92. The molecular formula is C14H21NO3S. The summed E-state index contributed by atoms with van der Waals surface area (Å²) < 4.78 is 23.9. The van der Waals surface area contributed by atoms with Gasteiger partial charge >= 0.3 is 0 Å². The highest BCUT2D eigenvalue weighted by Crippen LogP contribution is 2.23. The number of aryl methyl sites for hydroxylation is 1. The molecule has 1 aliphatic rings. The molecular weight excluding hydrogens is 262 g/mol. The lowest BCUT2D eigenvalue weighted by molar-refractivity contribution is 0.161. The Morgan fingerprint density at radius 3 is 2.79 bits per heavy atom. The molecule has 19 heavy (non-hydrogen) atoms. The lowest BCUT2D eigenvalue weighted by Gasteiger charge is -2.26. The van der Waals surface area contributed by atoms with Gasteiger partial charge in [0.1, 0.15) is 0 Å². The van der Waals surface area contributed by atoms with Crippen molar-refractivity contribution in [3.63, 3.8) is 0 Å². The monoisotopic (exact) mass is 283 g/mol. The molecule has 1 aromatic rings. The molecule has 1 N–H and O–H groups in total. The van der Waals surface area contributed by atoms with Crippen LogP contribution in [0, 0.1) is 0 Å². The fourth-order valence-electron chi connectivity index (χ4n) is 2.54. The first-order valence-electron chi connectivity index (χ1n) is 6.86. The first kappa shape index (κ1) is 14.5. The Kier molecular flexibility index (Phi) is 4.58. The summed E-state index contributed by atoms with van der Waals surface area (Å²) in [6.07, 6.45) is 4.35. The Labute approximate surface area is 114 Å². The van der Waals surface area contributed by atoms with Crippen LogP contribution in [-0.2, 0) is 22.7 Å². The molecule has 0 bridgehead atoms. The van der Waals surface area contributed by atoms with Crippen LogP contribution < -0.4 is 0 Å². The van der Waals surface area contributed by atoms with Gasteiger partial charge < -0.3 is 5.11 Å². The van der Waals surface area contributed by atoms with Crippen molar-refractivity contribution in [2.45, 2.75) is 50.4 Å². The quantitative estimate of drug-likeness (QED) is 0.909. The van der Waals surface area contributed by atoms with E-state index in [0.717, 1.165) is 30.5 Å². The smallest absolute Gasteiger partial charge is 0.155 e. The van der Waals surface area contributed by atoms with Crippen molar-refractivity contribution < 1.29 is 13.5 Å². The molecule has 0 saturated carbocycles. The lowest BCUT2D eigenvalue weighted by Crippen LogP contribution is -2.39. The van der Waals surface area contributed by atoms with Gasteiger partial charge in [0.2, 0.25) is 0 Å². The Bertz CT molecular complexity index is 510. The SMILES string of the molecule is CCc1ccc(CC(O)C2CCCCS2(=O)=O)nc1. The van der Waals surface area contributed by atoms with Crippen molar-refractivity contribution in [2.75, 3.05) is 5.75 Å². The van der Waals surface area contributed by atoms with Crippen molar-refractivity contribution in [3.8, 4) is 0 Å². The molecule has 2 unspecified atom stereocenters. The van der Waals surface area contributed by atoms with E-state index in [1.54, 1.807) is 6.20 Å². The molecule has 2 rings (SSSR count). The summed E-state index contributed by atoms with van der Waals surface area (Å²) in [5.74, 6) is 0.205. The predicted octanol–water partition coefficient (Wildman–Crippen LogP) is 1.51. The second-order valence-electron chi connectivity index (χ2n) is 5.18. The standard InChI is InChI=1S/C14H21NO3S/c1-2-11-6-7-12(15-10-11)9-13(16)14-5-3-4-8-19(14,17)18/h6-7,10,13-14,16H,2-5,8-9H2,1H3. The molecule has 4 nitrogen and oxygen atoms in total. The van der Waals surface area contributed by atoms with E-state index in [9.17, 15) is 13.5 Å². The molecule has 1 fully saturated rings. The van der Waals surface area contributed by atoms with Crippen LogP contribution >= 0.6 is 0 Å². The zero-order valence-corrected chi connectivity index (χ0v) is 12.1. The second kappa shape index (κ2) is 6.01. The maximum Gasteiger partial charge on any atom is 0.155 e. The number of aliphatic hydroxyl groups excluding tert-OH is 1. The summed E-state index contributed by atoms with van der Waals surface area (Å²) in [5.41, 5.74) is 1.90. The third-order valence-corrected chi connectivity index (χ3v) is 6.10. The maximum absolute atomic E-state index is 11.9. The Morgan fingerprint density at radius 1 is 1.42 bits per heavy atom. The Balaban J connectivity index is 2.05. The van der Waals surface area contributed by atoms with E-state index < -0.39 is 21.2 Å². The molecule has 0 aromatic carbocycles. The van der Waals surface area contributed by atoms with Gasteiger partial charge in [-0.15, -0.1) is 0 Å². The number of rotatable bonds is 4. The second-order valence-corrected chi connectivity index (χ2v) is 7.52. The van der Waals surface area contributed by atoms with Crippen molar-refractivity contribution in [3.05, 3.63) is 29.6 Å². The van der Waals surface area contributed by atoms with Crippen LogP contribution in [0.2, 0.25) is 0 Å². The van der Waals surface area contributed by atoms with Gasteiger partial charge in [0, 0.05) is 18.3 Å². The van der Waals surface area contributed by atoms with Crippen LogP contribution in [0.1, 0.15) is 37.4 Å².